The van der Waals surface area contributed by atoms with Crippen LogP contribution in [0.2, 0.25) is 0 Å². The summed E-state index contributed by atoms with van der Waals surface area (Å²) in [4.78, 5) is 0. The van der Waals surface area contributed by atoms with Gasteiger partial charge in [-0.1, -0.05) is 28.1 Å². The maximum absolute atomic E-state index is 5.35. The first-order valence-electron chi connectivity index (χ1n) is 6.40. The summed E-state index contributed by atoms with van der Waals surface area (Å²) in [6.45, 7) is 0.908. The summed E-state index contributed by atoms with van der Waals surface area (Å²) < 4.78 is 11.6. The molecule has 1 aliphatic heterocycles. The van der Waals surface area contributed by atoms with Crippen LogP contribution in [0.3, 0.4) is 0 Å². The lowest BCUT2D eigenvalue weighted by molar-refractivity contribution is 0.174. The van der Waals surface area contributed by atoms with E-state index >= 15 is 0 Å². The summed E-state index contributed by atoms with van der Waals surface area (Å²) in [6.07, 6.45) is 0. The monoisotopic (exact) mass is 364 g/mol. The molecular formula is C15H13BrN2O2S. The molecule has 6 heteroatoms. The van der Waals surface area contributed by atoms with Crippen molar-refractivity contribution in [3.05, 3.63) is 52.5 Å². The molecule has 0 saturated heterocycles. The minimum Gasteiger partial charge on any atom is -0.454 e. The van der Waals surface area contributed by atoms with Crippen LogP contribution in [0.25, 0.3) is 0 Å². The average Bonchev–Trinajstić information content (AvgIpc) is 2.92. The lowest BCUT2D eigenvalue weighted by Gasteiger charge is -2.11. The number of halogens is 1. The standard InChI is InChI=1S/C15H13BrN2O2S/c16-11-2-1-3-12(7-11)18-15(21)17-8-10-4-5-13-14(6-10)20-9-19-13/h1-7H,8-9H2,(H2,17,18,21). The van der Waals surface area contributed by atoms with E-state index in [-0.39, 0.29) is 6.79 Å². The number of ether oxygens (including phenoxy) is 2. The highest BCUT2D eigenvalue weighted by molar-refractivity contribution is 9.10. The van der Waals surface area contributed by atoms with E-state index in [2.05, 4.69) is 26.6 Å². The molecule has 3 rings (SSSR count). The molecule has 0 spiro atoms. The van der Waals surface area contributed by atoms with Crippen molar-refractivity contribution in [3.8, 4) is 11.5 Å². The molecule has 0 radical (unpaired) electrons. The van der Waals surface area contributed by atoms with Gasteiger partial charge in [0, 0.05) is 16.7 Å². The number of hydrogen-bond donors (Lipinski definition) is 2. The van der Waals surface area contributed by atoms with E-state index in [0.717, 1.165) is 27.2 Å². The Kier molecular flexibility index (Phi) is 4.26. The summed E-state index contributed by atoms with van der Waals surface area (Å²) in [6, 6.07) is 13.7. The van der Waals surface area contributed by atoms with Crippen LogP contribution in [0.5, 0.6) is 11.5 Å². The van der Waals surface area contributed by atoms with Gasteiger partial charge in [0.2, 0.25) is 6.79 Å². The molecule has 21 heavy (non-hydrogen) atoms. The molecule has 2 aromatic rings. The van der Waals surface area contributed by atoms with Gasteiger partial charge in [-0.05, 0) is 48.1 Å². The third kappa shape index (κ3) is 3.65. The number of benzene rings is 2. The van der Waals surface area contributed by atoms with Crippen molar-refractivity contribution in [2.45, 2.75) is 6.54 Å². The highest BCUT2D eigenvalue weighted by Crippen LogP contribution is 2.32. The number of thiocarbonyl (C=S) groups is 1. The number of fused-ring (bicyclic) bond motifs is 1. The van der Waals surface area contributed by atoms with Crippen LogP contribution in [-0.2, 0) is 6.54 Å². The quantitative estimate of drug-likeness (QED) is 0.813. The molecule has 0 amide bonds. The van der Waals surface area contributed by atoms with E-state index in [1.54, 1.807) is 0 Å². The number of hydrogen-bond acceptors (Lipinski definition) is 3. The predicted octanol–water partition coefficient (Wildman–Crippen LogP) is 3.66. The van der Waals surface area contributed by atoms with Gasteiger partial charge in [0.15, 0.2) is 16.6 Å². The Morgan fingerprint density at radius 3 is 2.86 bits per heavy atom. The summed E-state index contributed by atoms with van der Waals surface area (Å²) in [5.41, 5.74) is 2.02. The van der Waals surface area contributed by atoms with Crippen molar-refractivity contribution >= 4 is 38.9 Å². The zero-order valence-corrected chi connectivity index (χ0v) is 13.5. The first-order chi connectivity index (χ1) is 10.2. The van der Waals surface area contributed by atoms with Crippen molar-refractivity contribution < 1.29 is 9.47 Å². The minimum atomic E-state index is 0.287. The molecule has 108 valence electrons. The lowest BCUT2D eigenvalue weighted by atomic mass is 10.2. The molecule has 0 fully saturated rings. The molecule has 4 nitrogen and oxygen atoms in total. The first-order valence-corrected chi connectivity index (χ1v) is 7.60. The molecule has 0 saturated carbocycles. The van der Waals surface area contributed by atoms with E-state index in [0.29, 0.717) is 11.7 Å². The second-order valence-corrected chi connectivity index (χ2v) is 5.83. The lowest BCUT2D eigenvalue weighted by Crippen LogP contribution is -2.27. The van der Waals surface area contributed by atoms with Crippen LogP contribution in [0, 0.1) is 0 Å². The number of nitrogens with one attached hydrogen (secondary N) is 2. The van der Waals surface area contributed by atoms with Crippen LogP contribution < -0.4 is 20.1 Å². The molecule has 0 aromatic heterocycles. The van der Waals surface area contributed by atoms with Crippen LogP contribution >= 0.6 is 28.1 Å². The Hall–Kier alpha value is -1.79. The Bertz CT molecular complexity index is 678. The second kappa shape index (κ2) is 6.32. The van der Waals surface area contributed by atoms with Gasteiger partial charge < -0.3 is 20.1 Å². The molecule has 0 bridgehead atoms. The van der Waals surface area contributed by atoms with Gasteiger partial charge in [-0.3, -0.25) is 0 Å². The van der Waals surface area contributed by atoms with Crippen molar-refractivity contribution in [2.75, 3.05) is 12.1 Å². The SMILES string of the molecule is S=C(NCc1ccc2c(c1)OCO2)Nc1cccc(Br)c1. The predicted molar refractivity (Wildman–Crippen MR) is 89.8 cm³/mol. The van der Waals surface area contributed by atoms with Crippen LogP contribution in [0.4, 0.5) is 5.69 Å². The van der Waals surface area contributed by atoms with Gasteiger partial charge >= 0.3 is 0 Å². The van der Waals surface area contributed by atoms with Gasteiger partial charge in [0.05, 0.1) is 0 Å². The Balaban J connectivity index is 1.56. The highest BCUT2D eigenvalue weighted by Gasteiger charge is 2.13. The maximum atomic E-state index is 5.35. The molecular weight excluding hydrogens is 352 g/mol. The van der Waals surface area contributed by atoms with Gasteiger partial charge in [-0.15, -0.1) is 0 Å². The fraction of sp³-hybridized carbons (Fsp3) is 0.133. The molecule has 0 atom stereocenters. The molecule has 0 unspecified atom stereocenters. The van der Waals surface area contributed by atoms with E-state index in [9.17, 15) is 0 Å². The van der Waals surface area contributed by atoms with Crippen LogP contribution in [-0.4, -0.2) is 11.9 Å². The summed E-state index contributed by atoms with van der Waals surface area (Å²) >= 11 is 8.71. The Morgan fingerprint density at radius 1 is 1.14 bits per heavy atom. The molecule has 1 aliphatic rings. The largest absolute Gasteiger partial charge is 0.454 e. The molecule has 2 aromatic carbocycles. The zero-order valence-electron chi connectivity index (χ0n) is 11.1. The number of anilines is 1. The van der Waals surface area contributed by atoms with Crippen molar-refractivity contribution in [1.82, 2.24) is 5.32 Å². The third-order valence-corrected chi connectivity index (χ3v) is 3.71. The van der Waals surface area contributed by atoms with Crippen molar-refractivity contribution in [1.29, 1.82) is 0 Å². The van der Waals surface area contributed by atoms with Crippen molar-refractivity contribution in [3.63, 3.8) is 0 Å². The molecule has 1 heterocycles. The third-order valence-electron chi connectivity index (χ3n) is 2.97. The Labute approximate surface area is 136 Å². The fourth-order valence-corrected chi connectivity index (χ4v) is 2.56. The zero-order chi connectivity index (χ0) is 14.7. The smallest absolute Gasteiger partial charge is 0.231 e. The topological polar surface area (TPSA) is 42.5 Å². The molecule has 0 aliphatic carbocycles. The Morgan fingerprint density at radius 2 is 2.00 bits per heavy atom. The maximum Gasteiger partial charge on any atom is 0.231 e. The van der Waals surface area contributed by atoms with Gasteiger partial charge in [0.25, 0.3) is 0 Å². The fourth-order valence-electron chi connectivity index (χ4n) is 1.97. The highest BCUT2D eigenvalue weighted by atomic mass is 79.9. The van der Waals surface area contributed by atoms with E-state index in [1.165, 1.54) is 0 Å². The summed E-state index contributed by atoms with van der Waals surface area (Å²) in [5, 5.41) is 6.88. The number of rotatable bonds is 3. The van der Waals surface area contributed by atoms with Gasteiger partial charge in [-0.25, -0.2) is 0 Å². The van der Waals surface area contributed by atoms with E-state index < -0.39 is 0 Å². The second-order valence-electron chi connectivity index (χ2n) is 4.51. The molecule has 2 N–H and O–H groups in total. The normalized spacial score (nSPS) is 12.0. The van der Waals surface area contributed by atoms with Crippen molar-refractivity contribution in [2.24, 2.45) is 0 Å². The summed E-state index contributed by atoms with van der Waals surface area (Å²) in [5.74, 6) is 1.56. The van der Waals surface area contributed by atoms with Crippen LogP contribution in [0.15, 0.2) is 46.9 Å². The van der Waals surface area contributed by atoms with Gasteiger partial charge in [-0.2, -0.15) is 0 Å². The van der Waals surface area contributed by atoms with Gasteiger partial charge in [0.1, 0.15) is 0 Å². The first kappa shape index (κ1) is 14.2. The van der Waals surface area contributed by atoms with E-state index in [1.807, 2.05) is 42.5 Å². The van der Waals surface area contributed by atoms with E-state index in [4.69, 9.17) is 21.7 Å². The minimum absolute atomic E-state index is 0.287. The summed E-state index contributed by atoms with van der Waals surface area (Å²) in [7, 11) is 0. The van der Waals surface area contributed by atoms with Crippen LogP contribution in [0.1, 0.15) is 5.56 Å². The average molecular weight is 365 g/mol.